The fraction of sp³-hybridized carbons (Fsp3) is 0.418. The second-order valence-corrected chi connectivity index (χ2v) is 21.0. The molecule has 4 aromatic carbocycles. The maximum Gasteiger partial charge on any atom is 0.407 e. The molecule has 21 heteroatoms. The molecule has 76 heavy (non-hydrogen) atoms. The standard InChI is InChI=1S/C55H70N10O10S/c1-5-21-43(58-50(67)44-32-41(64-76(73,74)42-30-19-10-20-31-42)34-65(44)53(70)48(40-28-17-9-18-29-40)61-55(72)75-35-36(2)3)49(52(69)57-33-45(66)59-47(51(68)56-4)39-26-15-8-16-27-39)62-63-54(71)60-46(37-22-11-6-12-23-37)38-24-13-7-14-25-38/h6-8,10-16,19-20,22-27,30-31,36,40-41,43-44,46-48,64H,5,9,17-18,21,28-29,32-35H2,1-4H3,(H,56,68)(H,57,69)(H,58,67)(H,59,66)(H,61,72)(H2,60,63,71)/t41-,43+,44?,47+,48+/m1/s1. The molecule has 20 nitrogen and oxygen atoms in total. The minimum atomic E-state index is -4.16. The molecule has 0 aromatic heterocycles. The van der Waals surface area contributed by atoms with Gasteiger partial charge in [0.15, 0.2) is 0 Å². The Bertz CT molecular complexity index is 2690. The van der Waals surface area contributed by atoms with Crippen molar-refractivity contribution in [3.05, 3.63) is 138 Å². The molecule has 1 unspecified atom stereocenters. The van der Waals surface area contributed by atoms with Crippen molar-refractivity contribution in [2.75, 3.05) is 26.7 Å². The summed E-state index contributed by atoms with van der Waals surface area (Å²) in [6.07, 6.45) is 3.16. The number of ether oxygens (including phenoxy) is 1. The highest BCUT2D eigenvalue weighted by Crippen LogP contribution is 2.30. The Morgan fingerprint density at radius 1 is 0.737 bits per heavy atom. The first-order valence-electron chi connectivity index (χ1n) is 25.8. The van der Waals surface area contributed by atoms with Crippen LogP contribution in [-0.4, -0.2) is 112 Å². The van der Waals surface area contributed by atoms with Gasteiger partial charge in [-0.1, -0.05) is 156 Å². The molecule has 2 fully saturated rings. The van der Waals surface area contributed by atoms with E-state index >= 15 is 4.79 Å². The number of urea groups is 1. The van der Waals surface area contributed by atoms with Crippen LogP contribution in [0.3, 0.4) is 0 Å². The van der Waals surface area contributed by atoms with Gasteiger partial charge in [0.25, 0.3) is 5.91 Å². The van der Waals surface area contributed by atoms with Crippen LogP contribution in [0.4, 0.5) is 9.59 Å². The summed E-state index contributed by atoms with van der Waals surface area (Å²) < 4.78 is 35.6. The van der Waals surface area contributed by atoms with Crippen molar-refractivity contribution in [3.63, 3.8) is 0 Å². The summed E-state index contributed by atoms with van der Waals surface area (Å²) in [4.78, 5) is 99.2. The highest BCUT2D eigenvalue weighted by Gasteiger charge is 2.46. The van der Waals surface area contributed by atoms with Crippen molar-refractivity contribution in [2.45, 2.75) is 113 Å². The lowest BCUT2D eigenvalue weighted by atomic mass is 9.83. The Labute approximate surface area is 444 Å². The smallest absolute Gasteiger partial charge is 0.407 e. The lowest BCUT2D eigenvalue weighted by Crippen LogP contribution is -2.58. The third-order valence-electron chi connectivity index (χ3n) is 13.1. The molecule has 5 atom stereocenters. The quantitative estimate of drug-likeness (QED) is 0.0374. The van der Waals surface area contributed by atoms with Crippen molar-refractivity contribution < 1.29 is 46.7 Å². The summed E-state index contributed by atoms with van der Waals surface area (Å²) in [6.45, 7) is 4.71. The monoisotopic (exact) mass is 1060 g/mol. The van der Waals surface area contributed by atoms with E-state index in [1.165, 1.54) is 24.1 Å². The Hall–Kier alpha value is -7.65. The summed E-state index contributed by atoms with van der Waals surface area (Å²) in [7, 11) is -2.74. The number of nitrogens with zero attached hydrogens (tertiary/aromatic N) is 2. The SMILES string of the molecule is CCC[C@H](NC(=O)C1C[C@@H](NS(=O)(=O)c2ccccc2)CN1C(=O)[C@@H](NC(=O)OCC(C)C)C1CCCCC1)C(=NNC(=O)NC(c1ccccc1)c1ccccc1)C(=O)NCC(=O)N[C@H](C(=O)NC)c1ccccc1. The average molecular weight is 1060 g/mol. The van der Waals surface area contributed by atoms with Crippen molar-refractivity contribution in [1.82, 2.24) is 46.9 Å². The van der Waals surface area contributed by atoms with Crippen LogP contribution >= 0.6 is 0 Å². The normalized spacial score (nSPS) is 17.1. The van der Waals surface area contributed by atoms with Gasteiger partial charge in [0.2, 0.25) is 33.7 Å². The summed E-state index contributed by atoms with van der Waals surface area (Å²) >= 11 is 0. The van der Waals surface area contributed by atoms with E-state index in [0.717, 1.165) is 30.4 Å². The number of likely N-dealkylation sites (N-methyl/N-ethyl adjacent to an activating group) is 1. The number of rotatable bonds is 23. The van der Waals surface area contributed by atoms with E-state index < -0.39 is 100 Å². The second-order valence-electron chi connectivity index (χ2n) is 19.3. The van der Waals surface area contributed by atoms with Gasteiger partial charge in [-0.05, 0) is 66.3 Å². The van der Waals surface area contributed by atoms with Gasteiger partial charge in [-0.25, -0.2) is 28.2 Å². The minimum absolute atomic E-state index is 0.00876. The molecule has 1 aliphatic heterocycles. The molecule has 8 N–H and O–H groups in total. The zero-order valence-corrected chi connectivity index (χ0v) is 44.1. The van der Waals surface area contributed by atoms with Gasteiger partial charge >= 0.3 is 12.1 Å². The molecular weight excluding hydrogens is 993 g/mol. The summed E-state index contributed by atoms with van der Waals surface area (Å²) in [5, 5.41) is 20.5. The van der Waals surface area contributed by atoms with E-state index in [1.54, 1.807) is 55.5 Å². The number of nitrogens with one attached hydrogen (secondary N) is 8. The summed E-state index contributed by atoms with van der Waals surface area (Å²) in [5.41, 5.74) is 3.96. The molecule has 6 rings (SSSR count). The first-order chi connectivity index (χ1) is 36.6. The Balaban J connectivity index is 1.32. The van der Waals surface area contributed by atoms with Crippen LogP contribution in [0.15, 0.2) is 131 Å². The topological polar surface area (TPSA) is 275 Å². The van der Waals surface area contributed by atoms with E-state index in [4.69, 9.17) is 4.74 Å². The number of hydrogen-bond acceptors (Lipinski definition) is 11. The van der Waals surface area contributed by atoms with Crippen LogP contribution in [0, 0.1) is 11.8 Å². The highest BCUT2D eigenvalue weighted by molar-refractivity contribution is 7.89. The molecule has 0 spiro atoms. The molecule has 2 aliphatic rings. The molecule has 8 amide bonds. The number of sulfonamides is 1. The predicted molar refractivity (Wildman–Crippen MR) is 285 cm³/mol. The van der Waals surface area contributed by atoms with Gasteiger partial charge in [0, 0.05) is 19.6 Å². The van der Waals surface area contributed by atoms with Crippen LogP contribution in [0.25, 0.3) is 0 Å². The lowest BCUT2D eigenvalue weighted by molar-refractivity contribution is -0.141. The average Bonchev–Trinajstić information content (AvgIpc) is 3.86. The predicted octanol–water partition coefficient (Wildman–Crippen LogP) is 4.71. The van der Waals surface area contributed by atoms with E-state index in [0.29, 0.717) is 24.8 Å². The first-order valence-corrected chi connectivity index (χ1v) is 27.3. The number of hydrazone groups is 1. The van der Waals surface area contributed by atoms with Gasteiger partial charge in [-0.2, -0.15) is 5.10 Å². The zero-order chi connectivity index (χ0) is 54.6. The Morgan fingerprint density at radius 2 is 1.32 bits per heavy atom. The number of carbonyl (C=O) groups excluding carboxylic acids is 7. The van der Waals surface area contributed by atoms with E-state index in [1.807, 2.05) is 74.5 Å². The molecule has 0 bridgehead atoms. The molecule has 1 saturated carbocycles. The number of likely N-dealkylation sites (tertiary alicyclic amines) is 1. The van der Waals surface area contributed by atoms with Crippen molar-refractivity contribution in [1.29, 1.82) is 0 Å². The highest BCUT2D eigenvalue weighted by atomic mass is 32.2. The van der Waals surface area contributed by atoms with Gasteiger partial charge < -0.3 is 41.5 Å². The number of alkyl carbamates (subject to hydrolysis) is 1. The van der Waals surface area contributed by atoms with Gasteiger partial charge in [0.1, 0.15) is 23.8 Å². The van der Waals surface area contributed by atoms with Crippen molar-refractivity contribution in [3.8, 4) is 0 Å². The molecule has 406 valence electrons. The molecule has 4 aromatic rings. The van der Waals surface area contributed by atoms with Gasteiger partial charge in [-0.3, -0.25) is 24.0 Å². The zero-order valence-electron chi connectivity index (χ0n) is 43.3. The molecule has 1 saturated heterocycles. The Morgan fingerprint density at radius 3 is 1.88 bits per heavy atom. The minimum Gasteiger partial charge on any atom is -0.449 e. The van der Waals surface area contributed by atoms with E-state index in [-0.39, 0.29) is 42.7 Å². The lowest BCUT2D eigenvalue weighted by Gasteiger charge is -2.34. The van der Waals surface area contributed by atoms with Crippen LogP contribution in [0.2, 0.25) is 0 Å². The summed E-state index contributed by atoms with van der Waals surface area (Å²) in [6, 6.07) is 27.1. The van der Waals surface area contributed by atoms with Gasteiger partial charge in [0.05, 0.1) is 30.1 Å². The fourth-order valence-corrected chi connectivity index (χ4v) is 10.6. The number of amides is 8. The fourth-order valence-electron chi connectivity index (χ4n) is 9.34. The maximum atomic E-state index is 15.0. The van der Waals surface area contributed by atoms with Crippen LogP contribution in [0.5, 0.6) is 0 Å². The number of hydrogen-bond donors (Lipinski definition) is 8. The molecule has 1 heterocycles. The molecule has 0 radical (unpaired) electrons. The van der Waals surface area contributed by atoms with Crippen LogP contribution in [-0.2, 0) is 38.7 Å². The third kappa shape index (κ3) is 16.4. The van der Waals surface area contributed by atoms with Crippen LogP contribution < -0.4 is 42.0 Å². The largest absolute Gasteiger partial charge is 0.449 e. The van der Waals surface area contributed by atoms with Crippen LogP contribution in [0.1, 0.15) is 101 Å². The summed E-state index contributed by atoms with van der Waals surface area (Å²) in [5.74, 6) is -3.94. The second kappa shape index (κ2) is 28.3. The first kappa shape index (κ1) is 57.6. The van der Waals surface area contributed by atoms with E-state index in [2.05, 4.69) is 47.2 Å². The van der Waals surface area contributed by atoms with Crippen molar-refractivity contribution in [2.24, 2.45) is 16.9 Å². The molecular formula is C55H70N10O10S. The molecule has 1 aliphatic carbocycles. The van der Waals surface area contributed by atoms with E-state index in [9.17, 15) is 37.2 Å². The third-order valence-corrected chi connectivity index (χ3v) is 14.6. The van der Waals surface area contributed by atoms with Crippen molar-refractivity contribution >= 4 is 57.4 Å². The number of carbonyl (C=O) groups is 7. The maximum absolute atomic E-state index is 15.0. The van der Waals surface area contributed by atoms with Gasteiger partial charge in [-0.15, -0.1) is 0 Å². The Kier molecular flexibility index (Phi) is 21.5. The number of benzene rings is 4.